The Balaban J connectivity index is 2.39. The van der Waals surface area contributed by atoms with Crippen molar-refractivity contribution in [3.05, 3.63) is 47.0 Å². The van der Waals surface area contributed by atoms with Crippen LogP contribution in [-0.2, 0) is 21.4 Å². The monoisotopic (exact) mass is 513 g/mol. The highest BCUT2D eigenvalue weighted by Crippen LogP contribution is 2.41. The first-order valence-corrected chi connectivity index (χ1v) is 13.0. The van der Waals surface area contributed by atoms with Crippen molar-refractivity contribution in [2.24, 2.45) is 0 Å². The molecule has 0 heterocycles. The first-order valence-electron chi connectivity index (χ1n) is 13.0. The second-order valence-corrected chi connectivity index (χ2v) is 10.4. The molecule has 7 nitrogen and oxygen atoms in total. The number of nitrogens with one attached hydrogen (secondary N) is 1. The van der Waals surface area contributed by atoms with Gasteiger partial charge in [0.15, 0.2) is 11.5 Å². The second-order valence-electron chi connectivity index (χ2n) is 10.4. The van der Waals surface area contributed by atoms with E-state index >= 15 is 0 Å². The minimum atomic E-state index is -0.843. The van der Waals surface area contributed by atoms with Gasteiger partial charge >= 0.3 is 5.97 Å². The number of anilines is 1. The Bertz CT molecular complexity index is 1060. The molecule has 1 unspecified atom stereocenters. The van der Waals surface area contributed by atoms with Crippen molar-refractivity contribution < 1.29 is 28.9 Å². The molecule has 0 aliphatic heterocycles. The van der Waals surface area contributed by atoms with Gasteiger partial charge in [-0.2, -0.15) is 0 Å². The number of carbonyl (C=O) groups is 2. The van der Waals surface area contributed by atoms with Crippen LogP contribution in [0.4, 0.5) is 5.69 Å². The highest BCUT2D eigenvalue weighted by atomic mass is 16.5. The Labute approximate surface area is 221 Å². The molecule has 37 heavy (non-hydrogen) atoms. The molecule has 2 aromatic rings. The molecule has 0 aliphatic rings. The number of ether oxygens (including phenoxy) is 3. The molecule has 1 amide bonds. The fourth-order valence-electron chi connectivity index (χ4n) is 4.56. The fraction of sp³-hybridized carbons (Fsp3) is 0.533. The first-order chi connectivity index (χ1) is 17.5. The number of rotatable bonds is 14. The van der Waals surface area contributed by atoms with Crippen molar-refractivity contribution in [3.8, 4) is 17.2 Å². The highest BCUT2D eigenvalue weighted by Gasteiger charge is 2.24. The average molecular weight is 514 g/mol. The molecule has 2 rings (SSSR count). The molecule has 0 radical (unpaired) electrons. The topological polar surface area (TPSA) is 94.1 Å². The maximum Gasteiger partial charge on any atom is 0.303 e. The Morgan fingerprint density at radius 1 is 0.946 bits per heavy atom. The number of benzene rings is 2. The summed E-state index contributed by atoms with van der Waals surface area (Å²) in [5, 5.41) is 12.2. The molecule has 0 bridgehead atoms. The SMILES string of the molecule is CCCCCC(CC(=O)Nc1cc(CCC(=O)O)ccc1C(C)(C)C)c1cc(OC)c(OC)cc1OC. The standard InChI is InChI=1S/C30H43NO6/c1-8-9-10-11-21(22-18-26(36-6)27(37-7)19-25(22)35-5)17-28(32)31-24-16-20(13-15-29(33)34)12-14-23(24)30(2,3)4/h12,14,16,18-19,21H,8-11,13,15,17H2,1-7H3,(H,31,32)(H,33,34). The molecular formula is C30H43NO6. The zero-order chi connectivity index (χ0) is 27.6. The summed E-state index contributed by atoms with van der Waals surface area (Å²) in [7, 11) is 4.80. The lowest BCUT2D eigenvalue weighted by Crippen LogP contribution is -2.21. The van der Waals surface area contributed by atoms with Crippen molar-refractivity contribution in [1.29, 1.82) is 0 Å². The lowest BCUT2D eigenvalue weighted by Gasteiger charge is -2.25. The summed E-state index contributed by atoms with van der Waals surface area (Å²) in [5.74, 6) is 0.823. The molecule has 1 atom stereocenters. The first kappa shape index (κ1) is 30.0. The third kappa shape index (κ3) is 8.69. The van der Waals surface area contributed by atoms with Gasteiger partial charge in [-0.25, -0.2) is 0 Å². The summed E-state index contributed by atoms with van der Waals surface area (Å²) in [6.45, 7) is 8.44. The zero-order valence-corrected chi connectivity index (χ0v) is 23.4. The molecule has 0 aromatic heterocycles. The van der Waals surface area contributed by atoms with E-state index in [9.17, 15) is 9.59 Å². The van der Waals surface area contributed by atoms with Crippen LogP contribution in [0, 0.1) is 0 Å². The smallest absolute Gasteiger partial charge is 0.303 e. The lowest BCUT2D eigenvalue weighted by molar-refractivity contribution is -0.137. The Kier molecular flexibility index (Phi) is 11.3. The maximum absolute atomic E-state index is 13.5. The number of unbranched alkanes of at least 4 members (excludes halogenated alkanes) is 2. The Morgan fingerprint density at radius 2 is 1.59 bits per heavy atom. The van der Waals surface area contributed by atoms with Gasteiger partial charge in [-0.1, -0.05) is 59.1 Å². The fourth-order valence-corrected chi connectivity index (χ4v) is 4.56. The van der Waals surface area contributed by atoms with E-state index in [2.05, 4.69) is 33.0 Å². The van der Waals surface area contributed by atoms with Crippen molar-refractivity contribution in [1.82, 2.24) is 0 Å². The van der Waals surface area contributed by atoms with Crippen LogP contribution in [0.3, 0.4) is 0 Å². The largest absolute Gasteiger partial charge is 0.496 e. The van der Waals surface area contributed by atoms with Crippen LogP contribution in [-0.4, -0.2) is 38.3 Å². The summed E-state index contributed by atoms with van der Waals surface area (Å²) in [5.41, 5.74) is 3.34. The van der Waals surface area contributed by atoms with E-state index in [4.69, 9.17) is 19.3 Å². The van der Waals surface area contributed by atoms with Gasteiger partial charge in [0.25, 0.3) is 0 Å². The summed E-state index contributed by atoms with van der Waals surface area (Å²) >= 11 is 0. The van der Waals surface area contributed by atoms with Crippen LogP contribution in [0.1, 0.15) is 88.8 Å². The molecule has 0 saturated heterocycles. The number of methoxy groups -OCH3 is 3. The summed E-state index contributed by atoms with van der Waals surface area (Å²) in [4.78, 5) is 24.5. The van der Waals surface area contributed by atoms with E-state index in [0.717, 1.165) is 48.1 Å². The molecule has 7 heteroatoms. The summed E-state index contributed by atoms with van der Waals surface area (Å²) in [6, 6.07) is 9.56. The van der Waals surface area contributed by atoms with Crippen LogP contribution in [0.2, 0.25) is 0 Å². The van der Waals surface area contributed by atoms with Gasteiger partial charge in [-0.15, -0.1) is 0 Å². The number of hydrogen-bond acceptors (Lipinski definition) is 5. The van der Waals surface area contributed by atoms with Crippen molar-refractivity contribution in [2.45, 2.75) is 84.0 Å². The number of amides is 1. The number of aliphatic carboxylic acids is 1. The molecule has 2 aromatic carbocycles. The van der Waals surface area contributed by atoms with Crippen molar-refractivity contribution in [3.63, 3.8) is 0 Å². The molecule has 204 valence electrons. The third-order valence-electron chi connectivity index (χ3n) is 6.56. The normalized spacial score (nSPS) is 12.1. The highest BCUT2D eigenvalue weighted by molar-refractivity contribution is 5.92. The van der Waals surface area contributed by atoms with Gasteiger partial charge in [0, 0.05) is 30.2 Å². The van der Waals surface area contributed by atoms with E-state index in [1.54, 1.807) is 21.3 Å². The number of carboxylic acids is 1. The Morgan fingerprint density at radius 3 is 2.16 bits per heavy atom. The van der Waals surface area contributed by atoms with Crippen molar-refractivity contribution in [2.75, 3.05) is 26.6 Å². The second kappa shape index (κ2) is 13.9. The molecular weight excluding hydrogens is 470 g/mol. The van der Waals surface area contributed by atoms with Crippen LogP contribution < -0.4 is 19.5 Å². The molecule has 0 fully saturated rings. The number of hydrogen-bond donors (Lipinski definition) is 2. The van der Waals surface area contributed by atoms with E-state index < -0.39 is 5.97 Å². The van der Waals surface area contributed by atoms with Gasteiger partial charge in [0.1, 0.15) is 5.75 Å². The summed E-state index contributed by atoms with van der Waals surface area (Å²) < 4.78 is 16.7. The minimum Gasteiger partial charge on any atom is -0.496 e. The Hall–Kier alpha value is -3.22. The third-order valence-corrected chi connectivity index (χ3v) is 6.56. The molecule has 2 N–H and O–H groups in total. The quantitative estimate of drug-likeness (QED) is 0.272. The molecule has 0 aliphatic carbocycles. The van der Waals surface area contributed by atoms with Crippen molar-refractivity contribution >= 4 is 17.6 Å². The maximum atomic E-state index is 13.5. The molecule has 0 spiro atoms. The minimum absolute atomic E-state index is 0.0425. The van der Waals surface area contributed by atoms with E-state index in [-0.39, 0.29) is 30.1 Å². The number of carbonyl (C=O) groups excluding carboxylic acids is 1. The van der Waals surface area contributed by atoms with E-state index in [1.165, 1.54) is 0 Å². The van der Waals surface area contributed by atoms with Crippen LogP contribution in [0.25, 0.3) is 0 Å². The van der Waals surface area contributed by atoms with Gasteiger partial charge in [-0.05, 0) is 47.4 Å². The predicted molar refractivity (Wildman–Crippen MR) is 147 cm³/mol. The molecule has 0 saturated carbocycles. The number of aryl methyl sites for hydroxylation is 1. The summed E-state index contributed by atoms with van der Waals surface area (Å²) in [6.07, 6.45) is 4.71. The van der Waals surface area contributed by atoms with Crippen LogP contribution in [0.5, 0.6) is 17.2 Å². The predicted octanol–water partition coefficient (Wildman–Crippen LogP) is 6.72. The van der Waals surface area contributed by atoms with Gasteiger partial charge in [0.05, 0.1) is 21.3 Å². The zero-order valence-electron chi connectivity index (χ0n) is 23.4. The number of carboxylic acid groups (broad SMARTS) is 1. The van der Waals surface area contributed by atoms with Gasteiger partial charge in [-0.3, -0.25) is 9.59 Å². The average Bonchev–Trinajstić information content (AvgIpc) is 2.85. The van der Waals surface area contributed by atoms with Crippen LogP contribution >= 0.6 is 0 Å². The van der Waals surface area contributed by atoms with Gasteiger partial charge < -0.3 is 24.6 Å². The van der Waals surface area contributed by atoms with Gasteiger partial charge in [0.2, 0.25) is 5.91 Å². The lowest BCUT2D eigenvalue weighted by atomic mass is 9.84. The van der Waals surface area contributed by atoms with E-state index in [0.29, 0.717) is 23.7 Å². The van der Waals surface area contributed by atoms with Crippen LogP contribution in [0.15, 0.2) is 30.3 Å². The van der Waals surface area contributed by atoms with E-state index in [1.807, 2.05) is 30.3 Å².